The first-order valence-corrected chi connectivity index (χ1v) is 7.51. The molecule has 0 aromatic heterocycles. The number of halogens is 5. The summed E-state index contributed by atoms with van der Waals surface area (Å²) in [6, 6.07) is 5.14. The number of hydrogen-bond acceptors (Lipinski definition) is 3. The van der Waals surface area contributed by atoms with Gasteiger partial charge in [0.15, 0.2) is 18.2 Å². The lowest BCUT2D eigenvalue weighted by atomic mass is 10.2. The highest BCUT2D eigenvalue weighted by atomic mass is 79.9. The highest BCUT2D eigenvalue weighted by molar-refractivity contribution is 9.10. The molecule has 0 aliphatic heterocycles. The summed E-state index contributed by atoms with van der Waals surface area (Å²) in [5, 5.41) is 1.84. The van der Waals surface area contributed by atoms with Crippen LogP contribution >= 0.6 is 27.5 Å². The largest absolute Gasteiger partial charge is 0.452 e. The number of carbonyl (C=O) groups is 2. The summed E-state index contributed by atoms with van der Waals surface area (Å²) in [6.07, 6.45) is 0. The second-order valence-electron chi connectivity index (χ2n) is 4.49. The Labute approximate surface area is 147 Å². The Morgan fingerprint density at radius 1 is 1.08 bits per heavy atom. The number of esters is 1. The summed E-state index contributed by atoms with van der Waals surface area (Å²) in [4.78, 5) is 23.4. The second kappa shape index (κ2) is 7.67. The van der Waals surface area contributed by atoms with E-state index in [-0.39, 0.29) is 10.7 Å². The number of hydrogen-bond donors (Lipinski definition) is 1. The number of nitrogens with one attached hydrogen (secondary N) is 1. The zero-order chi connectivity index (χ0) is 17.9. The van der Waals surface area contributed by atoms with Gasteiger partial charge in [0, 0.05) is 4.47 Å². The maximum absolute atomic E-state index is 13.6. The number of anilines is 1. The Morgan fingerprint density at radius 2 is 1.75 bits per heavy atom. The van der Waals surface area contributed by atoms with E-state index in [1.54, 1.807) is 0 Å². The molecule has 0 aliphatic rings. The average Bonchev–Trinajstić information content (AvgIpc) is 2.51. The third-order valence-electron chi connectivity index (χ3n) is 2.77. The van der Waals surface area contributed by atoms with Crippen molar-refractivity contribution in [1.29, 1.82) is 0 Å². The lowest BCUT2D eigenvalue weighted by molar-refractivity contribution is -0.119. The molecule has 0 heterocycles. The van der Waals surface area contributed by atoms with Crippen molar-refractivity contribution in [2.24, 2.45) is 0 Å². The number of amides is 1. The van der Waals surface area contributed by atoms with E-state index in [1.165, 1.54) is 12.1 Å². The van der Waals surface area contributed by atoms with Crippen LogP contribution < -0.4 is 5.32 Å². The van der Waals surface area contributed by atoms with Crippen molar-refractivity contribution in [3.8, 4) is 0 Å². The van der Waals surface area contributed by atoms with Crippen LogP contribution in [0.25, 0.3) is 0 Å². The van der Waals surface area contributed by atoms with Crippen molar-refractivity contribution in [2.45, 2.75) is 0 Å². The van der Waals surface area contributed by atoms with Crippen molar-refractivity contribution in [2.75, 3.05) is 11.9 Å². The van der Waals surface area contributed by atoms with E-state index >= 15 is 0 Å². The van der Waals surface area contributed by atoms with Crippen molar-refractivity contribution in [3.63, 3.8) is 0 Å². The van der Waals surface area contributed by atoms with Gasteiger partial charge in [-0.05, 0) is 30.3 Å². The van der Waals surface area contributed by atoms with Crippen molar-refractivity contribution >= 4 is 45.1 Å². The third-order valence-corrected chi connectivity index (χ3v) is 3.58. The second-order valence-corrected chi connectivity index (χ2v) is 5.82. The van der Waals surface area contributed by atoms with Crippen molar-refractivity contribution < 1.29 is 27.5 Å². The maximum atomic E-state index is 13.6. The molecule has 1 N–H and O–H groups in total. The quantitative estimate of drug-likeness (QED) is 0.590. The van der Waals surface area contributed by atoms with Gasteiger partial charge in [-0.25, -0.2) is 18.0 Å². The van der Waals surface area contributed by atoms with Crippen LogP contribution in [-0.2, 0) is 9.53 Å². The number of carbonyl (C=O) groups excluding carboxylic acids is 2. The molecule has 126 valence electrons. The Balaban J connectivity index is 1.99. The molecule has 9 heteroatoms. The van der Waals surface area contributed by atoms with Crippen LogP contribution in [0.2, 0.25) is 5.02 Å². The molecule has 0 bridgehead atoms. The fraction of sp³-hybridized carbons (Fsp3) is 0.0667. The molecule has 0 radical (unpaired) electrons. The first-order chi connectivity index (χ1) is 11.3. The molecule has 24 heavy (non-hydrogen) atoms. The predicted octanol–water partition coefficient (Wildman–Crippen LogP) is 4.32. The van der Waals surface area contributed by atoms with Gasteiger partial charge in [-0.3, -0.25) is 4.79 Å². The van der Waals surface area contributed by atoms with E-state index in [1.807, 2.05) is 0 Å². The SMILES string of the molecule is O=C(COC(=O)c1cc(F)c(F)cc1Cl)Nc1ccc(Br)cc1F. The molecule has 0 atom stereocenters. The van der Waals surface area contributed by atoms with Crippen LogP contribution in [0.15, 0.2) is 34.8 Å². The first kappa shape index (κ1) is 18.3. The minimum atomic E-state index is -1.28. The Kier molecular flexibility index (Phi) is 5.84. The smallest absolute Gasteiger partial charge is 0.340 e. The van der Waals surface area contributed by atoms with Gasteiger partial charge >= 0.3 is 5.97 Å². The van der Waals surface area contributed by atoms with Gasteiger partial charge in [0.25, 0.3) is 5.91 Å². The Morgan fingerprint density at radius 3 is 2.42 bits per heavy atom. The van der Waals surface area contributed by atoms with Crippen molar-refractivity contribution in [1.82, 2.24) is 0 Å². The third kappa shape index (κ3) is 4.48. The van der Waals surface area contributed by atoms with E-state index < -0.39 is 41.5 Å². The summed E-state index contributed by atoms with van der Waals surface area (Å²) in [5.74, 6) is -5.13. The average molecular weight is 423 g/mol. The molecule has 0 saturated heterocycles. The molecule has 4 nitrogen and oxygen atoms in total. The van der Waals surface area contributed by atoms with Crippen LogP contribution in [0.5, 0.6) is 0 Å². The van der Waals surface area contributed by atoms with Gasteiger partial charge < -0.3 is 10.1 Å². The molecule has 0 spiro atoms. The molecule has 1 amide bonds. The van der Waals surface area contributed by atoms with Crippen LogP contribution in [-0.4, -0.2) is 18.5 Å². The number of ether oxygens (including phenoxy) is 1. The topological polar surface area (TPSA) is 55.4 Å². The van der Waals surface area contributed by atoms with Gasteiger partial charge in [0.05, 0.1) is 16.3 Å². The predicted molar refractivity (Wildman–Crippen MR) is 84.4 cm³/mol. The van der Waals surface area contributed by atoms with Crippen LogP contribution in [0.4, 0.5) is 18.9 Å². The van der Waals surface area contributed by atoms with E-state index in [0.29, 0.717) is 16.6 Å². The fourth-order valence-corrected chi connectivity index (χ4v) is 2.23. The standard InChI is InChI=1S/C15H8BrClF3NO3/c16-7-1-2-13(12(20)3-7)21-14(22)6-24-15(23)8-4-10(18)11(19)5-9(8)17/h1-5H,6H2,(H,21,22). The molecular formula is C15H8BrClF3NO3. The van der Waals surface area contributed by atoms with Gasteiger partial charge in [-0.15, -0.1) is 0 Å². The molecule has 0 unspecified atom stereocenters. The zero-order valence-corrected chi connectivity index (χ0v) is 14.1. The van der Waals surface area contributed by atoms with E-state index in [9.17, 15) is 22.8 Å². The van der Waals surface area contributed by atoms with E-state index in [2.05, 4.69) is 26.0 Å². The summed E-state index contributed by atoms with van der Waals surface area (Å²) < 4.78 is 44.7. The van der Waals surface area contributed by atoms with Gasteiger partial charge in [-0.2, -0.15) is 0 Å². The van der Waals surface area contributed by atoms with Crippen LogP contribution in [0, 0.1) is 17.5 Å². The lowest BCUT2D eigenvalue weighted by Crippen LogP contribution is -2.21. The summed E-state index contributed by atoms with van der Waals surface area (Å²) >= 11 is 8.68. The normalized spacial score (nSPS) is 10.4. The number of rotatable bonds is 4. The minimum absolute atomic E-state index is 0.106. The monoisotopic (exact) mass is 421 g/mol. The van der Waals surface area contributed by atoms with E-state index in [0.717, 1.165) is 6.07 Å². The van der Waals surface area contributed by atoms with Gasteiger partial charge in [0.1, 0.15) is 5.82 Å². The molecule has 0 aliphatic carbocycles. The molecule has 0 saturated carbocycles. The molecule has 2 rings (SSSR count). The first-order valence-electron chi connectivity index (χ1n) is 6.34. The molecule has 0 fully saturated rings. The van der Waals surface area contributed by atoms with Crippen LogP contribution in [0.3, 0.4) is 0 Å². The molecule has 2 aromatic rings. The fourth-order valence-electron chi connectivity index (χ4n) is 1.66. The summed E-state index contributed by atoms with van der Waals surface area (Å²) in [5.41, 5.74) is -0.539. The lowest BCUT2D eigenvalue weighted by Gasteiger charge is -2.08. The minimum Gasteiger partial charge on any atom is -0.452 e. The van der Waals surface area contributed by atoms with Gasteiger partial charge in [0.2, 0.25) is 0 Å². The Hall–Kier alpha value is -2.06. The van der Waals surface area contributed by atoms with Crippen molar-refractivity contribution in [3.05, 3.63) is 62.8 Å². The zero-order valence-electron chi connectivity index (χ0n) is 11.7. The molecule has 2 aromatic carbocycles. The van der Waals surface area contributed by atoms with Crippen LogP contribution in [0.1, 0.15) is 10.4 Å². The Bertz CT molecular complexity index is 817. The van der Waals surface area contributed by atoms with E-state index in [4.69, 9.17) is 11.6 Å². The summed E-state index contributed by atoms with van der Waals surface area (Å²) in [7, 11) is 0. The number of benzene rings is 2. The highest BCUT2D eigenvalue weighted by Gasteiger charge is 2.18. The molecular weight excluding hydrogens is 415 g/mol. The maximum Gasteiger partial charge on any atom is 0.340 e. The summed E-state index contributed by atoms with van der Waals surface area (Å²) in [6.45, 7) is -0.760. The van der Waals surface area contributed by atoms with Gasteiger partial charge in [-0.1, -0.05) is 27.5 Å². The highest BCUT2D eigenvalue weighted by Crippen LogP contribution is 2.21.